The summed E-state index contributed by atoms with van der Waals surface area (Å²) < 4.78 is 5.07. The van der Waals surface area contributed by atoms with Crippen LogP contribution in [0.2, 0.25) is 0 Å². The van der Waals surface area contributed by atoms with Gasteiger partial charge in [0.05, 0.1) is 5.41 Å². The number of piperazine rings is 1. The normalized spacial score (nSPS) is 16.3. The summed E-state index contributed by atoms with van der Waals surface area (Å²) in [4.78, 5) is 53.0. The van der Waals surface area contributed by atoms with Crippen molar-refractivity contribution in [2.24, 2.45) is 11.1 Å². The molecule has 1 unspecified atom stereocenters. The van der Waals surface area contributed by atoms with Gasteiger partial charge in [0.2, 0.25) is 5.91 Å². The van der Waals surface area contributed by atoms with Gasteiger partial charge in [-0.15, -0.1) is 10.1 Å². The van der Waals surface area contributed by atoms with Gasteiger partial charge in [0, 0.05) is 39.1 Å². The Balaban J connectivity index is 2.27. The van der Waals surface area contributed by atoms with E-state index in [1.807, 2.05) is 4.90 Å². The van der Waals surface area contributed by atoms with Crippen LogP contribution in [0, 0.1) is 15.5 Å². The minimum atomic E-state index is -1.16. The van der Waals surface area contributed by atoms with Crippen LogP contribution in [0.25, 0.3) is 0 Å². The van der Waals surface area contributed by atoms with Crippen molar-refractivity contribution in [2.75, 3.05) is 45.9 Å². The van der Waals surface area contributed by atoms with Crippen molar-refractivity contribution in [3.05, 3.63) is 10.1 Å². The molecule has 0 aromatic heterocycles. The predicted octanol–water partition coefficient (Wildman–Crippen LogP) is -0.900. The molecule has 0 aromatic carbocycles. The Morgan fingerprint density at radius 3 is 2.39 bits per heavy atom. The topological polar surface area (TPSA) is 166 Å². The molecule has 0 aromatic rings. The zero-order valence-corrected chi connectivity index (χ0v) is 16.2. The number of rotatable bonds is 11. The Morgan fingerprint density at radius 1 is 1.25 bits per heavy atom. The zero-order chi connectivity index (χ0) is 21.3. The Bertz CT molecular complexity index is 575. The van der Waals surface area contributed by atoms with Crippen LogP contribution in [-0.2, 0) is 24.0 Å². The highest BCUT2D eigenvalue weighted by Gasteiger charge is 2.34. The lowest BCUT2D eigenvalue weighted by atomic mass is 9.92. The molecule has 1 fully saturated rings. The number of ether oxygens (including phenoxy) is 1. The number of hydrogen-bond acceptors (Lipinski definition) is 9. The summed E-state index contributed by atoms with van der Waals surface area (Å²) in [6, 6.07) is -1.09. The molecule has 28 heavy (non-hydrogen) atoms. The van der Waals surface area contributed by atoms with E-state index in [4.69, 9.17) is 15.6 Å². The minimum Gasteiger partial charge on any atom is -0.480 e. The van der Waals surface area contributed by atoms with E-state index >= 15 is 0 Å². The SMILES string of the molecule is CC(C)(CO[N+](=O)[O-])C(=O)N1CCN(CCOC(=O)CCC(N)C(=O)O)CC1. The molecule has 1 heterocycles. The van der Waals surface area contributed by atoms with E-state index in [9.17, 15) is 24.5 Å². The van der Waals surface area contributed by atoms with Crippen molar-refractivity contribution in [3.63, 3.8) is 0 Å². The minimum absolute atomic E-state index is 0.0187. The summed E-state index contributed by atoms with van der Waals surface area (Å²) in [5.41, 5.74) is 4.32. The van der Waals surface area contributed by atoms with E-state index < -0.39 is 28.5 Å². The van der Waals surface area contributed by atoms with Crippen LogP contribution in [0.5, 0.6) is 0 Å². The maximum Gasteiger partial charge on any atom is 0.320 e. The lowest BCUT2D eigenvalue weighted by molar-refractivity contribution is -0.760. The molecule has 0 saturated carbocycles. The Labute approximate surface area is 162 Å². The third-order valence-corrected chi connectivity index (χ3v) is 4.42. The molecule has 0 radical (unpaired) electrons. The number of carbonyl (C=O) groups is 3. The van der Waals surface area contributed by atoms with E-state index in [1.165, 1.54) is 0 Å². The first kappa shape index (κ1) is 23.6. The number of nitrogens with zero attached hydrogens (tertiary/aromatic N) is 3. The largest absolute Gasteiger partial charge is 0.480 e. The van der Waals surface area contributed by atoms with Gasteiger partial charge < -0.3 is 25.3 Å². The van der Waals surface area contributed by atoms with E-state index in [0.717, 1.165) is 0 Å². The summed E-state index contributed by atoms with van der Waals surface area (Å²) in [7, 11) is 0. The molecule has 0 spiro atoms. The Hall–Kier alpha value is -2.47. The number of carboxylic acid groups (broad SMARTS) is 1. The number of aliphatic carboxylic acids is 1. The molecule has 12 nitrogen and oxygen atoms in total. The van der Waals surface area contributed by atoms with Crippen LogP contribution in [0.15, 0.2) is 0 Å². The lowest BCUT2D eigenvalue weighted by Gasteiger charge is -2.38. The third kappa shape index (κ3) is 8.05. The monoisotopic (exact) mass is 404 g/mol. The van der Waals surface area contributed by atoms with Crippen LogP contribution < -0.4 is 5.73 Å². The molecule has 1 rings (SSSR count). The quantitative estimate of drug-likeness (QED) is 0.250. The van der Waals surface area contributed by atoms with Crippen LogP contribution >= 0.6 is 0 Å². The smallest absolute Gasteiger partial charge is 0.320 e. The average molecular weight is 404 g/mol. The average Bonchev–Trinajstić information content (AvgIpc) is 2.64. The number of carbonyl (C=O) groups excluding carboxylic acids is 2. The van der Waals surface area contributed by atoms with Crippen molar-refractivity contribution >= 4 is 17.8 Å². The highest BCUT2D eigenvalue weighted by Crippen LogP contribution is 2.20. The fourth-order valence-electron chi connectivity index (χ4n) is 2.64. The van der Waals surface area contributed by atoms with Gasteiger partial charge in [0.15, 0.2) is 0 Å². The van der Waals surface area contributed by atoms with Crippen molar-refractivity contribution in [2.45, 2.75) is 32.7 Å². The van der Waals surface area contributed by atoms with Gasteiger partial charge in [-0.3, -0.25) is 19.3 Å². The Kier molecular flexibility index (Phi) is 9.06. The van der Waals surface area contributed by atoms with E-state index in [2.05, 4.69) is 4.84 Å². The fourth-order valence-corrected chi connectivity index (χ4v) is 2.64. The highest BCUT2D eigenvalue weighted by atomic mass is 16.9. The van der Waals surface area contributed by atoms with Gasteiger partial charge in [-0.1, -0.05) is 0 Å². The van der Waals surface area contributed by atoms with E-state index in [-0.39, 0.29) is 32.0 Å². The molecule has 1 aliphatic heterocycles. The van der Waals surface area contributed by atoms with Gasteiger partial charge in [-0.05, 0) is 20.3 Å². The van der Waals surface area contributed by atoms with Crippen LogP contribution in [0.4, 0.5) is 0 Å². The zero-order valence-electron chi connectivity index (χ0n) is 16.2. The van der Waals surface area contributed by atoms with Crippen LogP contribution in [-0.4, -0.2) is 89.8 Å². The molecule has 1 aliphatic rings. The number of nitrogens with two attached hydrogens (primary N) is 1. The molecule has 3 N–H and O–H groups in total. The molecule has 1 amide bonds. The second kappa shape index (κ2) is 10.8. The Morgan fingerprint density at radius 2 is 1.86 bits per heavy atom. The van der Waals surface area contributed by atoms with Gasteiger partial charge in [-0.25, -0.2) is 0 Å². The predicted molar refractivity (Wildman–Crippen MR) is 95.6 cm³/mol. The summed E-state index contributed by atoms with van der Waals surface area (Å²) in [6.45, 7) is 5.63. The standard InChI is InChI=1S/C16H28N4O8/c1-16(2,11-28-20(25)26)15(24)19-7-5-18(6-8-19)9-10-27-13(21)4-3-12(17)14(22)23/h12H,3-11,17H2,1-2H3,(H,22,23). The van der Waals surface area contributed by atoms with Crippen molar-refractivity contribution in [1.82, 2.24) is 9.80 Å². The maximum absolute atomic E-state index is 12.5. The summed E-state index contributed by atoms with van der Waals surface area (Å²) in [5.74, 6) is -1.87. The first-order valence-electron chi connectivity index (χ1n) is 8.96. The molecule has 0 aliphatic carbocycles. The first-order valence-corrected chi connectivity index (χ1v) is 8.96. The van der Waals surface area contributed by atoms with Crippen molar-refractivity contribution in [3.8, 4) is 0 Å². The molecule has 0 bridgehead atoms. The second-order valence-electron chi connectivity index (χ2n) is 7.22. The molecule has 160 valence electrons. The lowest BCUT2D eigenvalue weighted by Crippen LogP contribution is -2.53. The first-order chi connectivity index (χ1) is 13.0. The second-order valence-corrected chi connectivity index (χ2v) is 7.22. The number of amides is 1. The van der Waals surface area contributed by atoms with Crippen LogP contribution in [0.1, 0.15) is 26.7 Å². The molecular weight excluding hydrogens is 376 g/mol. The van der Waals surface area contributed by atoms with E-state index in [1.54, 1.807) is 18.7 Å². The molecular formula is C16H28N4O8. The molecule has 12 heteroatoms. The maximum atomic E-state index is 12.5. The van der Waals surface area contributed by atoms with Crippen molar-refractivity contribution in [1.29, 1.82) is 0 Å². The highest BCUT2D eigenvalue weighted by molar-refractivity contribution is 5.82. The number of hydrogen-bond donors (Lipinski definition) is 2. The van der Waals surface area contributed by atoms with Gasteiger partial charge in [0.25, 0.3) is 5.09 Å². The van der Waals surface area contributed by atoms with Gasteiger partial charge >= 0.3 is 11.9 Å². The third-order valence-electron chi connectivity index (χ3n) is 4.42. The number of esters is 1. The summed E-state index contributed by atoms with van der Waals surface area (Å²) in [5, 5.41) is 18.1. The summed E-state index contributed by atoms with van der Waals surface area (Å²) in [6.07, 6.45) is -0.0397. The van der Waals surface area contributed by atoms with Gasteiger partial charge in [0.1, 0.15) is 19.3 Å². The molecule has 1 saturated heterocycles. The van der Waals surface area contributed by atoms with Crippen LogP contribution in [0.3, 0.4) is 0 Å². The summed E-state index contributed by atoms with van der Waals surface area (Å²) >= 11 is 0. The van der Waals surface area contributed by atoms with E-state index in [0.29, 0.717) is 32.7 Å². The number of carboxylic acids is 1. The fraction of sp³-hybridized carbons (Fsp3) is 0.812. The van der Waals surface area contributed by atoms with Gasteiger partial charge in [-0.2, -0.15) is 0 Å². The van der Waals surface area contributed by atoms with Crippen molar-refractivity contribution < 1.29 is 34.2 Å². The molecule has 1 atom stereocenters.